The maximum atomic E-state index is 12.5. The summed E-state index contributed by atoms with van der Waals surface area (Å²) in [6, 6.07) is 7.50. The molecule has 0 radical (unpaired) electrons. The monoisotopic (exact) mass is 288 g/mol. The van der Waals surface area contributed by atoms with E-state index in [1.165, 1.54) is 4.90 Å². The molecule has 0 aliphatic carbocycles. The van der Waals surface area contributed by atoms with E-state index in [4.69, 9.17) is 9.84 Å². The molecule has 21 heavy (non-hydrogen) atoms. The number of nitrogens with zero attached hydrogens (tertiary/aromatic N) is 2. The first kappa shape index (κ1) is 13.6. The van der Waals surface area contributed by atoms with Crippen LogP contribution in [-0.2, 0) is 16.6 Å². The Morgan fingerprint density at radius 1 is 1.33 bits per heavy atom. The number of benzene rings is 1. The molecule has 6 nitrogen and oxygen atoms in total. The third-order valence-corrected chi connectivity index (χ3v) is 3.76. The first-order chi connectivity index (χ1) is 10.1. The zero-order chi connectivity index (χ0) is 15.0. The predicted octanol–water partition coefficient (Wildman–Crippen LogP) is 1.10. The van der Waals surface area contributed by atoms with E-state index in [0.29, 0.717) is 12.1 Å². The van der Waals surface area contributed by atoms with Crippen LogP contribution in [-0.4, -0.2) is 52.3 Å². The molecule has 3 rings (SSSR count). The van der Waals surface area contributed by atoms with Crippen molar-refractivity contribution in [1.82, 2.24) is 9.47 Å². The number of aromatic nitrogens is 1. The number of aryl methyl sites for hydroxylation is 1. The van der Waals surface area contributed by atoms with E-state index in [9.17, 15) is 9.59 Å². The molecule has 1 fully saturated rings. The minimum absolute atomic E-state index is 0.0827. The van der Waals surface area contributed by atoms with Crippen LogP contribution in [0.1, 0.15) is 10.4 Å². The Bertz CT molecular complexity index is 707. The van der Waals surface area contributed by atoms with Crippen molar-refractivity contribution in [3.05, 3.63) is 36.0 Å². The summed E-state index contributed by atoms with van der Waals surface area (Å²) < 4.78 is 7.08. The molecule has 110 valence electrons. The highest BCUT2D eigenvalue weighted by Gasteiger charge is 2.29. The molecule has 0 saturated carbocycles. The molecule has 1 atom stereocenters. The van der Waals surface area contributed by atoms with Gasteiger partial charge in [-0.2, -0.15) is 0 Å². The molecule has 1 unspecified atom stereocenters. The second-order valence-electron chi connectivity index (χ2n) is 5.15. The molecule has 0 spiro atoms. The lowest BCUT2D eigenvalue weighted by Gasteiger charge is -2.30. The predicted molar refractivity (Wildman–Crippen MR) is 76.2 cm³/mol. The van der Waals surface area contributed by atoms with E-state index < -0.39 is 12.1 Å². The highest BCUT2D eigenvalue weighted by Crippen LogP contribution is 2.18. The van der Waals surface area contributed by atoms with Crippen LogP contribution in [0.4, 0.5) is 0 Å². The van der Waals surface area contributed by atoms with Crippen LogP contribution in [0.15, 0.2) is 30.5 Å². The number of hydrogen-bond donors (Lipinski definition) is 1. The molecule has 0 bridgehead atoms. The van der Waals surface area contributed by atoms with Gasteiger partial charge in [0.15, 0.2) is 6.10 Å². The van der Waals surface area contributed by atoms with Crippen LogP contribution in [0.25, 0.3) is 10.9 Å². The van der Waals surface area contributed by atoms with Gasteiger partial charge >= 0.3 is 5.97 Å². The van der Waals surface area contributed by atoms with Gasteiger partial charge in [0.1, 0.15) is 0 Å². The number of carboxylic acids is 1. The maximum absolute atomic E-state index is 12.5. The van der Waals surface area contributed by atoms with E-state index in [-0.39, 0.29) is 19.1 Å². The van der Waals surface area contributed by atoms with Crippen molar-refractivity contribution >= 4 is 22.8 Å². The van der Waals surface area contributed by atoms with E-state index in [1.807, 2.05) is 36.0 Å². The van der Waals surface area contributed by atoms with E-state index in [1.54, 1.807) is 6.07 Å². The molecule has 1 amide bonds. The number of carbonyl (C=O) groups excluding carboxylic acids is 1. The molecule has 1 N–H and O–H groups in total. The van der Waals surface area contributed by atoms with Crippen molar-refractivity contribution < 1.29 is 19.4 Å². The zero-order valence-electron chi connectivity index (χ0n) is 11.7. The highest BCUT2D eigenvalue weighted by molar-refractivity contribution is 5.98. The summed E-state index contributed by atoms with van der Waals surface area (Å²) in [5.41, 5.74) is 1.54. The summed E-state index contributed by atoms with van der Waals surface area (Å²) in [5, 5.41) is 10.1. The van der Waals surface area contributed by atoms with Crippen molar-refractivity contribution in [2.24, 2.45) is 7.05 Å². The fourth-order valence-corrected chi connectivity index (χ4v) is 2.56. The van der Waals surface area contributed by atoms with Crippen LogP contribution in [0.3, 0.4) is 0 Å². The fourth-order valence-electron chi connectivity index (χ4n) is 2.56. The summed E-state index contributed by atoms with van der Waals surface area (Å²) in [7, 11) is 1.92. The van der Waals surface area contributed by atoms with Gasteiger partial charge in [-0.3, -0.25) is 4.79 Å². The number of morpholine rings is 1. The third kappa shape index (κ3) is 2.50. The lowest BCUT2D eigenvalue weighted by Crippen LogP contribution is -2.48. The van der Waals surface area contributed by atoms with Crippen LogP contribution in [0.2, 0.25) is 0 Å². The molecule has 1 aliphatic heterocycles. The Labute approximate surface area is 121 Å². The number of ether oxygens (including phenoxy) is 1. The number of hydrogen-bond acceptors (Lipinski definition) is 3. The van der Waals surface area contributed by atoms with Crippen LogP contribution >= 0.6 is 0 Å². The molecule has 1 aromatic carbocycles. The second-order valence-corrected chi connectivity index (χ2v) is 5.15. The SMILES string of the molecule is Cn1ccc2ccc(C(=O)N3CCOC(C(=O)O)C3)cc21. The number of rotatable bonds is 2. The molecule has 2 heterocycles. The molecule has 2 aromatic rings. The summed E-state index contributed by atoms with van der Waals surface area (Å²) in [6.45, 7) is 0.738. The molecule has 6 heteroatoms. The Morgan fingerprint density at radius 3 is 2.90 bits per heavy atom. The van der Waals surface area contributed by atoms with Gasteiger partial charge in [-0.1, -0.05) is 6.07 Å². The third-order valence-electron chi connectivity index (χ3n) is 3.76. The van der Waals surface area contributed by atoms with Gasteiger partial charge in [-0.05, 0) is 23.6 Å². The van der Waals surface area contributed by atoms with Gasteiger partial charge in [0.25, 0.3) is 5.91 Å². The molecule has 1 aliphatic rings. The Kier molecular flexibility index (Phi) is 3.39. The number of aliphatic carboxylic acids is 1. The largest absolute Gasteiger partial charge is 0.479 e. The van der Waals surface area contributed by atoms with Crippen LogP contribution in [0, 0.1) is 0 Å². The van der Waals surface area contributed by atoms with E-state index in [0.717, 1.165) is 10.9 Å². The minimum atomic E-state index is -1.04. The molecular weight excluding hydrogens is 272 g/mol. The summed E-state index contributed by atoms with van der Waals surface area (Å²) in [6.07, 6.45) is 0.996. The minimum Gasteiger partial charge on any atom is -0.479 e. The smallest absolute Gasteiger partial charge is 0.334 e. The van der Waals surface area contributed by atoms with Crippen molar-refractivity contribution in [1.29, 1.82) is 0 Å². The normalized spacial score (nSPS) is 18.9. The Morgan fingerprint density at radius 2 is 2.14 bits per heavy atom. The summed E-state index contributed by atoms with van der Waals surface area (Å²) in [5.74, 6) is -1.20. The number of carboxylic acid groups (broad SMARTS) is 1. The van der Waals surface area contributed by atoms with Crippen LogP contribution in [0.5, 0.6) is 0 Å². The first-order valence-corrected chi connectivity index (χ1v) is 6.75. The quantitative estimate of drug-likeness (QED) is 0.898. The van der Waals surface area contributed by atoms with Crippen molar-refractivity contribution in [3.63, 3.8) is 0 Å². The van der Waals surface area contributed by atoms with Gasteiger partial charge in [-0.25, -0.2) is 4.79 Å². The van der Waals surface area contributed by atoms with Gasteiger partial charge in [-0.15, -0.1) is 0 Å². The Hall–Kier alpha value is -2.34. The lowest BCUT2D eigenvalue weighted by molar-refractivity contribution is -0.154. The standard InChI is InChI=1S/C15H16N2O4/c1-16-5-4-10-2-3-11(8-12(10)16)14(18)17-6-7-21-13(9-17)15(19)20/h2-5,8,13H,6-7,9H2,1H3,(H,19,20). The van der Waals surface area contributed by atoms with Crippen molar-refractivity contribution in [3.8, 4) is 0 Å². The average Bonchev–Trinajstić information content (AvgIpc) is 2.87. The average molecular weight is 288 g/mol. The number of fused-ring (bicyclic) bond motifs is 1. The van der Waals surface area contributed by atoms with Gasteiger partial charge < -0.3 is 19.3 Å². The molecule has 1 saturated heterocycles. The topological polar surface area (TPSA) is 71.8 Å². The number of carbonyl (C=O) groups is 2. The Balaban J connectivity index is 1.85. The first-order valence-electron chi connectivity index (χ1n) is 6.75. The van der Waals surface area contributed by atoms with Gasteiger partial charge in [0, 0.05) is 30.9 Å². The lowest BCUT2D eigenvalue weighted by atomic mass is 10.1. The van der Waals surface area contributed by atoms with Gasteiger partial charge in [0.05, 0.1) is 13.2 Å². The van der Waals surface area contributed by atoms with Crippen molar-refractivity contribution in [2.75, 3.05) is 19.7 Å². The van der Waals surface area contributed by atoms with Crippen LogP contribution < -0.4 is 0 Å². The van der Waals surface area contributed by atoms with E-state index >= 15 is 0 Å². The zero-order valence-corrected chi connectivity index (χ0v) is 11.7. The maximum Gasteiger partial charge on any atom is 0.334 e. The fraction of sp³-hybridized carbons (Fsp3) is 0.333. The second kappa shape index (κ2) is 5.21. The highest BCUT2D eigenvalue weighted by atomic mass is 16.5. The number of amides is 1. The molecular formula is C15H16N2O4. The van der Waals surface area contributed by atoms with Gasteiger partial charge in [0.2, 0.25) is 0 Å². The summed E-state index contributed by atoms with van der Waals surface area (Å²) in [4.78, 5) is 25.0. The molecule has 1 aromatic heterocycles. The summed E-state index contributed by atoms with van der Waals surface area (Å²) >= 11 is 0. The van der Waals surface area contributed by atoms with E-state index in [2.05, 4.69) is 0 Å². The van der Waals surface area contributed by atoms with Crippen molar-refractivity contribution in [2.45, 2.75) is 6.10 Å².